The number of amides is 3. The highest BCUT2D eigenvalue weighted by molar-refractivity contribution is 6.38. The Morgan fingerprint density at radius 2 is 1.85 bits per heavy atom. The summed E-state index contributed by atoms with van der Waals surface area (Å²) in [4.78, 5) is 71.2. The lowest BCUT2D eigenvalue weighted by atomic mass is 9.86. The number of nitrogens with one attached hydrogen (secondary N) is 3. The van der Waals surface area contributed by atoms with Gasteiger partial charge in [-0.1, -0.05) is 12.1 Å². The largest absolute Gasteiger partial charge is 0.351 e. The van der Waals surface area contributed by atoms with Gasteiger partial charge in [-0.25, -0.2) is 0 Å². The van der Waals surface area contributed by atoms with E-state index < -0.39 is 29.7 Å². The molecule has 3 N–H and O–H groups in total. The van der Waals surface area contributed by atoms with E-state index in [-0.39, 0.29) is 35.5 Å². The smallest absolute Gasteiger partial charge is 0.289 e. The number of hydrogen-bond acceptors (Lipinski definition) is 5. The van der Waals surface area contributed by atoms with Gasteiger partial charge in [0.05, 0.1) is 6.04 Å². The van der Waals surface area contributed by atoms with E-state index in [9.17, 15) is 24.0 Å². The zero-order valence-electron chi connectivity index (χ0n) is 23.4. The molecular formula is C32H38N4O5. The Morgan fingerprint density at radius 3 is 2.54 bits per heavy atom. The Balaban J connectivity index is 1.13. The fraction of sp³-hybridized carbons (Fsp3) is 0.594. The number of fused-ring (bicyclic) bond motifs is 1. The van der Waals surface area contributed by atoms with Crippen molar-refractivity contribution in [3.63, 3.8) is 0 Å². The molecule has 4 aliphatic carbocycles. The van der Waals surface area contributed by atoms with Crippen LogP contribution < -0.4 is 10.6 Å². The normalized spacial score (nSPS) is 25.8. The maximum Gasteiger partial charge on any atom is 0.289 e. The number of hydrogen-bond donors (Lipinski definition) is 3. The minimum Gasteiger partial charge on any atom is -0.351 e. The minimum atomic E-state index is -1.09. The molecule has 9 heteroatoms. The summed E-state index contributed by atoms with van der Waals surface area (Å²) in [5, 5.41) is 6.65. The second-order valence-electron chi connectivity index (χ2n) is 13.2. The summed E-state index contributed by atoms with van der Waals surface area (Å²) < 4.78 is 0. The van der Waals surface area contributed by atoms with Gasteiger partial charge in [0.25, 0.3) is 11.8 Å². The van der Waals surface area contributed by atoms with Gasteiger partial charge in [-0.05, 0) is 99.7 Å². The molecule has 4 saturated carbocycles. The van der Waals surface area contributed by atoms with Crippen molar-refractivity contribution in [3.05, 3.63) is 35.5 Å². The molecule has 3 amide bonds. The molecule has 2 aromatic rings. The van der Waals surface area contributed by atoms with Crippen LogP contribution in [0.1, 0.15) is 99.0 Å². The predicted molar refractivity (Wildman–Crippen MR) is 151 cm³/mol. The van der Waals surface area contributed by atoms with E-state index in [2.05, 4.69) is 21.7 Å². The molecule has 0 bridgehead atoms. The molecule has 41 heavy (non-hydrogen) atoms. The first-order valence-electron chi connectivity index (χ1n) is 15.4. The molecule has 9 nitrogen and oxygen atoms in total. The Bertz CT molecular complexity index is 1430. The van der Waals surface area contributed by atoms with Crippen LogP contribution in [-0.2, 0) is 19.2 Å². The van der Waals surface area contributed by atoms with Crippen molar-refractivity contribution in [3.8, 4) is 0 Å². The van der Waals surface area contributed by atoms with Gasteiger partial charge in [-0.2, -0.15) is 0 Å². The highest BCUT2D eigenvalue weighted by Crippen LogP contribution is 2.55. The van der Waals surface area contributed by atoms with Crippen LogP contribution in [0.25, 0.3) is 10.9 Å². The zero-order chi connectivity index (χ0) is 28.3. The van der Waals surface area contributed by atoms with E-state index in [4.69, 9.17) is 0 Å². The van der Waals surface area contributed by atoms with Gasteiger partial charge in [-0.3, -0.25) is 24.0 Å². The molecule has 5 aliphatic rings. The summed E-state index contributed by atoms with van der Waals surface area (Å²) in [5.41, 5.74) is 2.70. The Kier molecular flexibility index (Phi) is 6.51. The number of nitrogens with zero attached hydrogens (tertiary/aromatic N) is 1. The quantitative estimate of drug-likeness (QED) is 0.406. The number of carbonyl (C=O) groups is 5. The summed E-state index contributed by atoms with van der Waals surface area (Å²) in [6.45, 7) is 0.462. The lowest BCUT2D eigenvalue weighted by Crippen LogP contribution is -2.58. The van der Waals surface area contributed by atoms with E-state index in [1.54, 1.807) is 4.90 Å². The van der Waals surface area contributed by atoms with Gasteiger partial charge in [-0.15, -0.1) is 0 Å². The van der Waals surface area contributed by atoms with Crippen molar-refractivity contribution < 1.29 is 24.0 Å². The predicted octanol–water partition coefficient (Wildman–Crippen LogP) is 3.52. The zero-order valence-corrected chi connectivity index (χ0v) is 23.4. The summed E-state index contributed by atoms with van der Waals surface area (Å²) in [7, 11) is 0. The molecule has 0 radical (unpaired) electrons. The lowest BCUT2D eigenvalue weighted by Gasteiger charge is -2.39. The highest BCUT2D eigenvalue weighted by Gasteiger charge is 2.51. The Hall–Kier alpha value is -3.49. The molecular weight excluding hydrogens is 520 g/mol. The molecule has 7 rings (SSSR count). The second kappa shape index (κ2) is 10.1. The number of carbonyl (C=O) groups excluding carboxylic acids is 5. The van der Waals surface area contributed by atoms with Gasteiger partial charge in [0.2, 0.25) is 11.7 Å². The number of piperidine rings is 1. The van der Waals surface area contributed by atoms with E-state index in [1.807, 2.05) is 18.2 Å². The maximum atomic E-state index is 13.9. The molecule has 1 saturated heterocycles. The fourth-order valence-corrected chi connectivity index (χ4v) is 7.01. The number of rotatable bonds is 9. The van der Waals surface area contributed by atoms with Crippen LogP contribution in [0.15, 0.2) is 24.3 Å². The number of likely N-dealkylation sites (tertiary alicyclic amines) is 1. The van der Waals surface area contributed by atoms with Crippen LogP contribution >= 0.6 is 0 Å². The SMILES string of the molecule is O=C(NC1CC1)C(=O)[C@H](C[C@@H]1CCCC1=O)NC(=O)[C@@H]1CC2(CCN1C(=O)c1cc3c(C4CC4)cccc3[nH]1)CC2. The Labute approximate surface area is 239 Å². The minimum absolute atomic E-state index is 0.00818. The Morgan fingerprint density at radius 1 is 1.05 bits per heavy atom. The topological polar surface area (TPSA) is 128 Å². The van der Waals surface area contributed by atoms with Gasteiger partial charge < -0.3 is 20.5 Å². The monoisotopic (exact) mass is 558 g/mol. The second-order valence-corrected chi connectivity index (χ2v) is 13.2. The summed E-state index contributed by atoms with van der Waals surface area (Å²) in [6, 6.07) is 6.22. The number of benzene rings is 1. The highest BCUT2D eigenvalue weighted by atomic mass is 16.2. The summed E-state index contributed by atoms with van der Waals surface area (Å²) >= 11 is 0. The van der Waals surface area contributed by atoms with Gasteiger partial charge in [0.15, 0.2) is 0 Å². The molecule has 216 valence electrons. The first-order valence-corrected chi connectivity index (χ1v) is 15.4. The van der Waals surface area contributed by atoms with Crippen LogP contribution in [0.3, 0.4) is 0 Å². The van der Waals surface area contributed by atoms with Crippen molar-refractivity contribution in [2.45, 2.75) is 101 Å². The third-order valence-electron chi connectivity index (χ3n) is 10.1. The standard InChI is InChI=1S/C32H38N4O5/c37-27-6-1-3-19(27)15-24(28(38)30(40)33-20-9-10-20)35-29(39)26-17-32(11-12-32)13-14-36(26)31(41)25-16-22-21(18-7-8-18)4-2-5-23(22)34-25/h2,4-5,16,18-20,24,26,34H,1,3,6-15,17H2,(H,33,40)(H,35,39)/t19-,24-,26-/m0/s1. The molecule has 3 atom stereocenters. The number of aromatic nitrogens is 1. The molecule has 1 aromatic carbocycles. The van der Waals surface area contributed by atoms with Crippen molar-refractivity contribution in [2.24, 2.45) is 11.3 Å². The molecule has 2 heterocycles. The van der Waals surface area contributed by atoms with E-state index in [0.717, 1.165) is 62.3 Å². The van der Waals surface area contributed by atoms with Gasteiger partial charge >= 0.3 is 0 Å². The number of Topliss-reactive ketones (excluding diaryl/α,β-unsaturated/α-hetero) is 2. The van der Waals surface area contributed by atoms with Crippen LogP contribution in [0, 0.1) is 11.3 Å². The molecule has 1 aliphatic heterocycles. The first kappa shape index (κ1) is 26.4. The molecule has 1 spiro atoms. The van der Waals surface area contributed by atoms with Crippen molar-refractivity contribution >= 4 is 40.2 Å². The van der Waals surface area contributed by atoms with Crippen molar-refractivity contribution in [1.82, 2.24) is 20.5 Å². The molecule has 0 unspecified atom stereocenters. The van der Waals surface area contributed by atoms with Crippen LogP contribution in [0.4, 0.5) is 0 Å². The van der Waals surface area contributed by atoms with E-state index in [1.165, 1.54) is 5.56 Å². The maximum absolute atomic E-state index is 13.9. The number of aromatic amines is 1. The number of H-pyrrole nitrogens is 1. The van der Waals surface area contributed by atoms with Gasteiger partial charge in [0, 0.05) is 35.8 Å². The van der Waals surface area contributed by atoms with Crippen molar-refractivity contribution in [2.75, 3.05) is 6.54 Å². The average molecular weight is 559 g/mol. The van der Waals surface area contributed by atoms with E-state index in [0.29, 0.717) is 37.4 Å². The van der Waals surface area contributed by atoms with Gasteiger partial charge in [0.1, 0.15) is 17.5 Å². The third-order valence-corrected chi connectivity index (χ3v) is 10.1. The fourth-order valence-electron chi connectivity index (χ4n) is 7.01. The first-order chi connectivity index (χ1) is 19.8. The summed E-state index contributed by atoms with van der Waals surface area (Å²) in [6.07, 6.45) is 9.45. The van der Waals surface area contributed by atoms with Crippen LogP contribution in [0.5, 0.6) is 0 Å². The number of ketones is 2. The van der Waals surface area contributed by atoms with Crippen LogP contribution in [0.2, 0.25) is 0 Å². The third kappa shape index (κ3) is 5.31. The van der Waals surface area contributed by atoms with Crippen molar-refractivity contribution in [1.29, 1.82) is 0 Å². The molecule has 1 aromatic heterocycles. The lowest BCUT2D eigenvalue weighted by molar-refractivity contribution is -0.141. The van der Waals surface area contributed by atoms with E-state index >= 15 is 0 Å². The molecule has 5 fully saturated rings. The van der Waals surface area contributed by atoms with Crippen LogP contribution in [-0.4, -0.2) is 63.8 Å². The summed E-state index contributed by atoms with van der Waals surface area (Å²) in [5.74, 6) is -1.77. The average Bonchev–Trinajstić information content (AvgIpc) is 3.91.